The van der Waals surface area contributed by atoms with Crippen LogP contribution in [0.4, 0.5) is 0 Å². The fourth-order valence-electron chi connectivity index (χ4n) is 2.88. The van der Waals surface area contributed by atoms with Crippen LogP contribution >= 0.6 is 24.0 Å². The summed E-state index contributed by atoms with van der Waals surface area (Å²) >= 11 is 0. The first-order chi connectivity index (χ1) is 12.0. The lowest BCUT2D eigenvalue weighted by Gasteiger charge is -2.34. The number of aliphatic imine (C=N–C) groups is 1. The highest BCUT2D eigenvalue weighted by molar-refractivity contribution is 14.0. The van der Waals surface area contributed by atoms with Gasteiger partial charge in [-0.1, -0.05) is 26.0 Å². The summed E-state index contributed by atoms with van der Waals surface area (Å²) in [5, 5.41) is 15.6. The van der Waals surface area contributed by atoms with E-state index in [1.165, 1.54) is 0 Å². The summed E-state index contributed by atoms with van der Waals surface area (Å²) in [5.41, 5.74) is 1.76. The minimum atomic E-state index is 0. The number of carbonyl (C=O) groups is 1. The molecule has 1 aromatic rings. The number of hydrogen-bond acceptors (Lipinski definition) is 3. The third kappa shape index (κ3) is 6.48. The third-order valence-corrected chi connectivity index (χ3v) is 4.41. The molecular weight excluding hydrogens is 441 g/mol. The molecule has 0 radical (unpaired) electrons. The van der Waals surface area contributed by atoms with Crippen LogP contribution in [0.1, 0.15) is 37.8 Å². The molecule has 1 fully saturated rings. The van der Waals surface area contributed by atoms with Gasteiger partial charge in [-0.15, -0.1) is 24.0 Å². The van der Waals surface area contributed by atoms with E-state index in [2.05, 4.69) is 21.7 Å². The lowest BCUT2D eigenvalue weighted by Crippen LogP contribution is -2.50. The van der Waals surface area contributed by atoms with Crippen LogP contribution in [-0.2, 0) is 11.3 Å². The van der Waals surface area contributed by atoms with Crippen molar-refractivity contribution in [2.75, 3.05) is 20.1 Å². The number of benzene rings is 1. The Morgan fingerprint density at radius 2 is 1.92 bits per heavy atom. The first-order valence-corrected chi connectivity index (χ1v) is 8.78. The van der Waals surface area contributed by atoms with E-state index in [0.717, 1.165) is 37.5 Å². The van der Waals surface area contributed by atoms with Gasteiger partial charge in [0.15, 0.2) is 5.96 Å². The maximum Gasteiger partial charge on any atom is 0.225 e. The van der Waals surface area contributed by atoms with Crippen LogP contribution in [0, 0.1) is 17.2 Å². The molecule has 1 aliphatic heterocycles. The molecule has 1 heterocycles. The second-order valence-corrected chi connectivity index (χ2v) is 6.63. The monoisotopic (exact) mass is 469 g/mol. The van der Waals surface area contributed by atoms with Crippen molar-refractivity contribution in [2.45, 2.75) is 39.3 Å². The molecule has 1 saturated heterocycles. The molecule has 2 N–H and O–H groups in total. The maximum atomic E-state index is 12.0. The standard InChI is InChI=1S/C19H27N5O.HI/c1-14(2)18(25)24-10-8-17(9-11-24)23-19(21-3)22-13-16-6-4-15(12-20)5-7-16;/h4-7,14,17H,8-11,13H2,1-3H3,(H2,21,22,23);1H. The van der Waals surface area contributed by atoms with Crippen molar-refractivity contribution in [1.29, 1.82) is 5.26 Å². The van der Waals surface area contributed by atoms with E-state index in [0.29, 0.717) is 18.2 Å². The maximum absolute atomic E-state index is 12.0. The molecule has 0 unspecified atom stereocenters. The van der Waals surface area contributed by atoms with Crippen LogP contribution in [0.2, 0.25) is 0 Å². The van der Waals surface area contributed by atoms with E-state index in [1.807, 2.05) is 43.0 Å². The van der Waals surface area contributed by atoms with Crippen molar-refractivity contribution < 1.29 is 4.79 Å². The van der Waals surface area contributed by atoms with E-state index in [4.69, 9.17) is 5.26 Å². The zero-order chi connectivity index (χ0) is 18.2. The number of nitriles is 1. The lowest BCUT2D eigenvalue weighted by molar-refractivity contribution is -0.135. The summed E-state index contributed by atoms with van der Waals surface area (Å²) in [7, 11) is 1.76. The van der Waals surface area contributed by atoms with Crippen LogP contribution < -0.4 is 10.6 Å². The van der Waals surface area contributed by atoms with Crippen LogP contribution in [0.15, 0.2) is 29.3 Å². The molecule has 1 aromatic carbocycles. The number of carbonyl (C=O) groups excluding carboxylic acids is 1. The van der Waals surface area contributed by atoms with Crippen molar-refractivity contribution >= 4 is 35.8 Å². The van der Waals surface area contributed by atoms with Gasteiger partial charge in [-0.2, -0.15) is 5.26 Å². The zero-order valence-electron chi connectivity index (χ0n) is 15.7. The zero-order valence-corrected chi connectivity index (χ0v) is 18.0. The quantitative estimate of drug-likeness (QED) is 0.404. The number of nitrogens with one attached hydrogen (secondary N) is 2. The molecule has 0 atom stereocenters. The second kappa shape index (κ2) is 11.0. The first-order valence-electron chi connectivity index (χ1n) is 8.78. The van der Waals surface area contributed by atoms with Crippen molar-refractivity contribution in [3.63, 3.8) is 0 Å². The number of piperidine rings is 1. The molecule has 2 rings (SSSR count). The van der Waals surface area contributed by atoms with Gasteiger partial charge in [0.05, 0.1) is 11.6 Å². The first kappa shape index (κ1) is 22.2. The summed E-state index contributed by atoms with van der Waals surface area (Å²) in [5.74, 6) is 1.06. The Bertz CT molecular complexity index is 643. The number of nitrogens with zero attached hydrogens (tertiary/aromatic N) is 3. The highest BCUT2D eigenvalue weighted by Gasteiger charge is 2.24. The Balaban J connectivity index is 0.00000338. The van der Waals surface area contributed by atoms with E-state index < -0.39 is 0 Å². The highest BCUT2D eigenvalue weighted by Crippen LogP contribution is 2.13. The summed E-state index contributed by atoms with van der Waals surface area (Å²) in [6, 6.07) is 9.95. The number of halogens is 1. The predicted molar refractivity (Wildman–Crippen MR) is 114 cm³/mol. The van der Waals surface area contributed by atoms with E-state index >= 15 is 0 Å². The topological polar surface area (TPSA) is 80.5 Å². The van der Waals surface area contributed by atoms with Gasteiger partial charge in [-0.3, -0.25) is 9.79 Å². The smallest absolute Gasteiger partial charge is 0.225 e. The van der Waals surface area contributed by atoms with E-state index in [-0.39, 0.29) is 35.8 Å². The van der Waals surface area contributed by atoms with Crippen molar-refractivity contribution in [1.82, 2.24) is 15.5 Å². The minimum Gasteiger partial charge on any atom is -0.354 e. The van der Waals surface area contributed by atoms with Crippen LogP contribution in [-0.4, -0.2) is 42.9 Å². The summed E-state index contributed by atoms with van der Waals surface area (Å²) in [6.45, 7) is 6.13. The van der Waals surface area contributed by atoms with Crippen molar-refractivity contribution in [2.24, 2.45) is 10.9 Å². The molecule has 0 bridgehead atoms. The van der Waals surface area contributed by atoms with Gasteiger partial charge in [-0.25, -0.2) is 0 Å². The lowest BCUT2D eigenvalue weighted by atomic mass is 10.0. The van der Waals surface area contributed by atoms with Crippen LogP contribution in [0.25, 0.3) is 0 Å². The van der Waals surface area contributed by atoms with Crippen LogP contribution in [0.3, 0.4) is 0 Å². The Kier molecular flexibility index (Phi) is 9.41. The summed E-state index contributed by atoms with van der Waals surface area (Å²) in [6.07, 6.45) is 1.85. The van der Waals surface area contributed by atoms with E-state index in [1.54, 1.807) is 7.05 Å². The summed E-state index contributed by atoms with van der Waals surface area (Å²) in [4.78, 5) is 18.3. The molecule has 6 nitrogen and oxygen atoms in total. The van der Waals surface area contributed by atoms with Crippen molar-refractivity contribution in [3.8, 4) is 6.07 Å². The molecule has 0 spiro atoms. The molecule has 7 heteroatoms. The predicted octanol–water partition coefficient (Wildman–Crippen LogP) is 2.49. The molecule has 0 aromatic heterocycles. The molecule has 1 amide bonds. The highest BCUT2D eigenvalue weighted by atomic mass is 127. The van der Waals surface area contributed by atoms with Gasteiger partial charge in [0.1, 0.15) is 0 Å². The molecule has 26 heavy (non-hydrogen) atoms. The van der Waals surface area contributed by atoms with Gasteiger partial charge in [0.2, 0.25) is 5.91 Å². The number of rotatable bonds is 4. The Morgan fingerprint density at radius 3 is 2.42 bits per heavy atom. The fraction of sp³-hybridized carbons (Fsp3) is 0.526. The SMILES string of the molecule is CN=C(NCc1ccc(C#N)cc1)NC1CCN(C(=O)C(C)C)CC1.I. The summed E-state index contributed by atoms with van der Waals surface area (Å²) < 4.78 is 0. The Morgan fingerprint density at radius 1 is 1.31 bits per heavy atom. The average molecular weight is 469 g/mol. The number of guanidine groups is 1. The molecule has 0 aliphatic carbocycles. The average Bonchev–Trinajstić information content (AvgIpc) is 2.65. The Hall–Kier alpha value is -1.82. The number of likely N-dealkylation sites (tertiary alicyclic amines) is 1. The molecular formula is C19H28IN5O. The second-order valence-electron chi connectivity index (χ2n) is 6.63. The number of amides is 1. The van der Waals surface area contributed by atoms with Gasteiger partial charge < -0.3 is 15.5 Å². The number of hydrogen-bond donors (Lipinski definition) is 2. The minimum absolute atomic E-state index is 0. The van der Waals surface area contributed by atoms with Crippen LogP contribution in [0.5, 0.6) is 0 Å². The van der Waals surface area contributed by atoms with E-state index in [9.17, 15) is 4.79 Å². The van der Waals surface area contributed by atoms with Gasteiger partial charge >= 0.3 is 0 Å². The molecule has 142 valence electrons. The van der Waals surface area contributed by atoms with Gasteiger partial charge in [0.25, 0.3) is 0 Å². The largest absolute Gasteiger partial charge is 0.354 e. The third-order valence-electron chi connectivity index (χ3n) is 4.41. The molecule has 1 aliphatic rings. The normalized spacial score (nSPS) is 15.2. The van der Waals surface area contributed by atoms with Gasteiger partial charge in [-0.05, 0) is 30.5 Å². The van der Waals surface area contributed by atoms with Gasteiger partial charge in [0, 0.05) is 38.6 Å². The van der Waals surface area contributed by atoms with Crippen molar-refractivity contribution in [3.05, 3.63) is 35.4 Å². The Labute approximate surface area is 173 Å². The fourth-order valence-corrected chi connectivity index (χ4v) is 2.88. The molecule has 0 saturated carbocycles.